The Labute approximate surface area is 146 Å². The highest BCUT2D eigenvalue weighted by atomic mass is 19.1. The van der Waals surface area contributed by atoms with Crippen LogP contribution in [0.2, 0.25) is 0 Å². The number of esters is 2. The fourth-order valence-corrected chi connectivity index (χ4v) is 2.89. The maximum absolute atomic E-state index is 13.8. The van der Waals surface area contributed by atoms with E-state index < -0.39 is 35.0 Å². The average Bonchev–Trinajstić information content (AvgIpc) is 2.89. The van der Waals surface area contributed by atoms with Crippen LogP contribution in [0, 0.1) is 29.6 Å². The maximum atomic E-state index is 13.8. The van der Waals surface area contributed by atoms with Crippen molar-refractivity contribution in [3.63, 3.8) is 0 Å². The lowest BCUT2D eigenvalue weighted by Crippen LogP contribution is -2.10. The Morgan fingerprint density at radius 1 is 1.44 bits per heavy atom. The van der Waals surface area contributed by atoms with Gasteiger partial charge >= 0.3 is 11.9 Å². The number of ether oxygens (including phenoxy) is 2. The van der Waals surface area contributed by atoms with Gasteiger partial charge in [-0.25, -0.2) is 4.79 Å². The Hall–Kier alpha value is -2.55. The Bertz CT molecular complexity index is 726. The molecule has 1 fully saturated rings. The average molecular weight is 347 g/mol. The van der Waals surface area contributed by atoms with Crippen LogP contribution < -0.4 is 0 Å². The lowest BCUT2D eigenvalue weighted by atomic mass is 10.1. The number of nitrogens with zero attached hydrogens (tertiary/aromatic N) is 1. The van der Waals surface area contributed by atoms with Gasteiger partial charge in [0.15, 0.2) is 0 Å². The van der Waals surface area contributed by atoms with Gasteiger partial charge in [0.05, 0.1) is 19.1 Å². The van der Waals surface area contributed by atoms with Gasteiger partial charge in [0.25, 0.3) is 0 Å². The summed E-state index contributed by atoms with van der Waals surface area (Å²) in [6.45, 7) is 5.94. The molecule has 0 aliphatic heterocycles. The molecule has 134 valence electrons. The molecular formula is C19H22FNO4. The summed E-state index contributed by atoms with van der Waals surface area (Å²) in [7, 11) is 0. The largest absolute Gasteiger partial charge is 0.461 e. The SMILES string of the molecule is C#CCn1ccc(COC(=O)C2C(C=C(F)C(=O)OCC)C2(C)C)c1. The lowest BCUT2D eigenvalue weighted by molar-refractivity contribution is -0.147. The van der Waals surface area contributed by atoms with Crippen LogP contribution in [0.25, 0.3) is 0 Å². The number of halogens is 1. The van der Waals surface area contributed by atoms with Gasteiger partial charge in [-0.2, -0.15) is 4.39 Å². The molecule has 1 saturated carbocycles. The molecular weight excluding hydrogens is 325 g/mol. The van der Waals surface area contributed by atoms with Gasteiger partial charge < -0.3 is 14.0 Å². The van der Waals surface area contributed by atoms with Crippen molar-refractivity contribution >= 4 is 11.9 Å². The highest BCUT2D eigenvalue weighted by Gasteiger charge is 2.62. The number of terminal acetylenes is 1. The molecule has 1 aromatic heterocycles. The second-order valence-corrected chi connectivity index (χ2v) is 6.56. The zero-order valence-electron chi connectivity index (χ0n) is 14.6. The van der Waals surface area contributed by atoms with Crippen LogP contribution >= 0.6 is 0 Å². The summed E-state index contributed by atoms with van der Waals surface area (Å²) < 4.78 is 25.5. The molecule has 1 heterocycles. The summed E-state index contributed by atoms with van der Waals surface area (Å²) >= 11 is 0. The van der Waals surface area contributed by atoms with Crippen molar-refractivity contribution in [3.05, 3.63) is 35.9 Å². The zero-order valence-corrected chi connectivity index (χ0v) is 14.6. The molecule has 6 heteroatoms. The van der Waals surface area contributed by atoms with Crippen molar-refractivity contribution in [2.45, 2.75) is 33.9 Å². The van der Waals surface area contributed by atoms with Crippen LogP contribution in [0.5, 0.6) is 0 Å². The quantitative estimate of drug-likeness (QED) is 0.432. The molecule has 1 aliphatic rings. The molecule has 2 unspecified atom stereocenters. The van der Waals surface area contributed by atoms with Gasteiger partial charge in [0.1, 0.15) is 6.61 Å². The third-order valence-corrected chi connectivity index (χ3v) is 4.43. The van der Waals surface area contributed by atoms with Crippen LogP contribution in [0.15, 0.2) is 30.4 Å². The first-order valence-electron chi connectivity index (χ1n) is 8.10. The number of hydrogen-bond donors (Lipinski definition) is 0. The van der Waals surface area contributed by atoms with Crippen LogP contribution in [-0.4, -0.2) is 23.1 Å². The summed E-state index contributed by atoms with van der Waals surface area (Å²) in [6, 6.07) is 1.82. The minimum Gasteiger partial charge on any atom is -0.461 e. The first-order valence-corrected chi connectivity index (χ1v) is 8.10. The molecule has 0 bridgehead atoms. The van der Waals surface area contributed by atoms with Crippen molar-refractivity contribution in [1.29, 1.82) is 0 Å². The van der Waals surface area contributed by atoms with Crippen LogP contribution in [0.1, 0.15) is 26.3 Å². The Balaban J connectivity index is 1.94. The molecule has 0 saturated heterocycles. The highest BCUT2D eigenvalue weighted by Crippen LogP contribution is 2.60. The molecule has 1 aromatic rings. The molecule has 0 aromatic carbocycles. The molecule has 0 spiro atoms. The van der Waals surface area contributed by atoms with Gasteiger partial charge in [0.2, 0.25) is 5.83 Å². The molecule has 25 heavy (non-hydrogen) atoms. The van der Waals surface area contributed by atoms with Gasteiger partial charge in [0, 0.05) is 18.0 Å². The monoisotopic (exact) mass is 347 g/mol. The second kappa shape index (κ2) is 7.56. The molecule has 0 N–H and O–H groups in total. The van der Waals surface area contributed by atoms with Crippen LogP contribution in [0.4, 0.5) is 4.39 Å². The fraction of sp³-hybridized carbons (Fsp3) is 0.474. The smallest absolute Gasteiger partial charge is 0.366 e. The minimum atomic E-state index is -1.01. The van der Waals surface area contributed by atoms with E-state index in [1.807, 2.05) is 36.9 Å². The summed E-state index contributed by atoms with van der Waals surface area (Å²) in [5.41, 5.74) is 0.364. The highest BCUT2D eigenvalue weighted by molar-refractivity contribution is 5.86. The number of hydrogen-bond acceptors (Lipinski definition) is 4. The van der Waals surface area contributed by atoms with E-state index in [9.17, 15) is 14.0 Å². The van der Waals surface area contributed by atoms with Crippen molar-refractivity contribution in [1.82, 2.24) is 4.57 Å². The topological polar surface area (TPSA) is 57.5 Å². The van der Waals surface area contributed by atoms with E-state index in [1.54, 1.807) is 6.92 Å². The van der Waals surface area contributed by atoms with E-state index in [4.69, 9.17) is 11.2 Å². The molecule has 0 radical (unpaired) electrons. The molecule has 5 nitrogen and oxygen atoms in total. The third kappa shape index (κ3) is 4.30. The van der Waals surface area contributed by atoms with E-state index in [-0.39, 0.29) is 13.2 Å². The summed E-state index contributed by atoms with van der Waals surface area (Å²) in [5.74, 6) is -0.748. The van der Waals surface area contributed by atoms with E-state index in [1.165, 1.54) is 0 Å². The number of carbonyl (C=O) groups excluding carboxylic acids is 2. The standard InChI is InChI=1S/C19H22FNO4/c1-5-8-21-9-7-13(11-21)12-25-18(23)16-14(19(16,3)4)10-15(20)17(22)24-6-2/h1,7,9-11,14,16H,6,8,12H2,2-4H3. The first-order chi connectivity index (χ1) is 11.8. The fourth-order valence-electron chi connectivity index (χ4n) is 2.89. The van der Waals surface area contributed by atoms with E-state index in [0.29, 0.717) is 6.54 Å². The van der Waals surface area contributed by atoms with Crippen LogP contribution in [-0.2, 0) is 32.2 Å². The van der Waals surface area contributed by atoms with Crippen molar-refractivity contribution in [2.75, 3.05) is 6.61 Å². The van der Waals surface area contributed by atoms with Gasteiger partial charge in [-0.15, -0.1) is 6.42 Å². The van der Waals surface area contributed by atoms with Gasteiger partial charge in [-0.1, -0.05) is 19.8 Å². The van der Waals surface area contributed by atoms with Gasteiger partial charge in [-0.05, 0) is 30.4 Å². The van der Waals surface area contributed by atoms with Crippen molar-refractivity contribution in [3.8, 4) is 12.3 Å². The third-order valence-electron chi connectivity index (χ3n) is 4.43. The molecule has 0 amide bonds. The Morgan fingerprint density at radius 2 is 2.16 bits per heavy atom. The molecule has 2 atom stereocenters. The number of carbonyl (C=O) groups is 2. The summed E-state index contributed by atoms with van der Waals surface area (Å²) in [4.78, 5) is 23.6. The number of allylic oxidation sites excluding steroid dienone is 1. The second-order valence-electron chi connectivity index (χ2n) is 6.56. The summed E-state index contributed by atoms with van der Waals surface area (Å²) in [6.07, 6.45) is 10.0. The summed E-state index contributed by atoms with van der Waals surface area (Å²) in [5, 5.41) is 0. The Morgan fingerprint density at radius 3 is 2.80 bits per heavy atom. The van der Waals surface area contributed by atoms with Crippen LogP contribution in [0.3, 0.4) is 0 Å². The molecule has 1 aliphatic carbocycles. The predicted molar refractivity (Wildman–Crippen MR) is 89.6 cm³/mol. The maximum Gasteiger partial charge on any atom is 0.366 e. The van der Waals surface area contributed by atoms with E-state index >= 15 is 0 Å². The first kappa shape index (κ1) is 18.8. The number of rotatable bonds is 7. The van der Waals surface area contributed by atoms with Crippen molar-refractivity contribution in [2.24, 2.45) is 17.3 Å². The predicted octanol–water partition coefficient (Wildman–Crippen LogP) is 2.85. The minimum absolute atomic E-state index is 0.0962. The van der Waals surface area contributed by atoms with E-state index in [2.05, 4.69) is 10.7 Å². The molecule has 2 rings (SSSR count). The van der Waals surface area contributed by atoms with E-state index in [0.717, 1.165) is 11.6 Å². The Kier molecular flexibility index (Phi) is 5.68. The lowest BCUT2D eigenvalue weighted by Gasteiger charge is -2.04. The zero-order chi connectivity index (χ0) is 18.6. The number of aromatic nitrogens is 1. The normalized spacial score (nSPS) is 21.3. The van der Waals surface area contributed by atoms with Gasteiger partial charge in [-0.3, -0.25) is 4.79 Å². The van der Waals surface area contributed by atoms with Crippen molar-refractivity contribution < 1.29 is 23.5 Å².